The number of nitrogens with one attached hydrogen (secondary N) is 2. The van der Waals surface area contributed by atoms with Crippen LogP contribution in [-0.2, 0) is 14.8 Å². The van der Waals surface area contributed by atoms with Crippen molar-refractivity contribution in [2.45, 2.75) is 18.2 Å². The Labute approximate surface area is 185 Å². The topological polar surface area (TPSA) is 105 Å². The molecular weight excluding hydrogens is 438 g/mol. The number of benzene rings is 2. The lowest BCUT2D eigenvalue weighted by Gasteiger charge is -2.10. The van der Waals surface area contributed by atoms with Crippen LogP contribution in [0, 0.1) is 0 Å². The molecule has 0 bridgehead atoms. The number of Topliss-reactive ketones (excluding diaryl/α,β-unsaturated/α-hetero) is 1. The molecule has 0 saturated carbocycles. The second-order valence-electron chi connectivity index (χ2n) is 6.74. The first-order valence-corrected chi connectivity index (χ1v) is 11.2. The van der Waals surface area contributed by atoms with Crippen molar-refractivity contribution in [3.63, 3.8) is 0 Å². The Morgan fingerprint density at radius 2 is 1.77 bits per heavy atom. The minimum Gasteiger partial charge on any atom is -0.322 e. The standard InChI is InChI=1S/C22H20ClN3O4S/c1-15(27)11-13-25-31(29,30)18-8-5-16(6-9-18)22(28)26-17-7-10-20(23)19(14-17)21-4-2-3-12-24-21/h2-10,12,14,25H,11,13H2,1H3,(H,26,28). The van der Waals surface area contributed by atoms with Gasteiger partial charge in [-0.25, -0.2) is 13.1 Å². The number of halogens is 1. The third-order valence-electron chi connectivity index (χ3n) is 4.36. The maximum Gasteiger partial charge on any atom is 0.255 e. The molecule has 31 heavy (non-hydrogen) atoms. The summed E-state index contributed by atoms with van der Waals surface area (Å²) in [5.41, 5.74) is 2.17. The molecule has 2 aromatic carbocycles. The number of hydrogen-bond donors (Lipinski definition) is 2. The van der Waals surface area contributed by atoms with Crippen LogP contribution in [0.2, 0.25) is 5.02 Å². The van der Waals surface area contributed by atoms with Gasteiger partial charge in [-0.2, -0.15) is 0 Å². The van der Waals surface area contributed by atoms with E-state index in [9.17, 15) is 18.0 Å². The van der Waals surface area contributed by atoms with Gasteiger partial charge in [0.15, 0.2) is 0 Å². The van der Waals surface area contributed by atoms with Crippen LogP contribution in [0.15, 0.2) is 71.8 Å². The Hall–Kier alpha value is -3.07. The molecule has 9 heteroatoms. The van der Waals surface area contributed by atoms with Gasteiger partial charge in [-0.3, -0.25) is 14.6 Å². The summed E-state index contributed by atoms with van der Waals surface area (Å²) in [7, 11) is -3.75. The number of amides is 1. The van der Waals surface area contributed by atoms with Crippen LogP contribution in [0.25, 0.3) is 11.3 Å². The average Bonchev–Trinajstić information content (AvgIpc) is 2.75. The minimum absolute atomic E-state index is 0.0107. The van der Waals surface area contributed by atoms with Crippen LogP contribution >= 0.6 is 11.6 Å². The van der Waals surface area contributed by atoms with Gasteiger partial charge in [0.25, 0.3) is 5.91 Å². The number of carbonyl (C=O) groups excluding carboxylic acids is 2. The molecule has 0 aliphatic carbocycles. The predicted molar refractivity (Wildman–Crippen MR) is 120 cm³/mol. The van der Waals surface area contributed by atoms with E-state index in [1.54, 1.807) is 30.5 Å². The van der Waals surface area contributed by atoms with Crippen molar-refractivity contribution >= 4 is 39.0 Å². The normalized spacial score (nSPS) is 11.2. The van der Waals surface area contributed by atoms with E-state index < -0.39 is 15.9 Å². The number of pyridine rings is 1. The molecule has 1 heterocycles. The van der Waals surface area contributed by atoms with Crippen LogP contribution in [0.1, 0.15) is 23.7 Å². The highest BCUT2D eigenvalue weighted by Crippen LogP contribution is 2.29. The Balaban J connectivity index is 1.72. The third kappa shape index (κ3) is 5.97. The molecule has 0 fully saturated rings. The summed E-state index contributed by atoms with van der Waals surface area (Å²) in [6.07, 6.45) is 1.77. The molecule has 0 spiro atoms. The smallest absolute Gasteiger partial charge is 0.255 e. The molecule has 3 rings (SSSR count). The summed E-state index contributed by atoms with van der Waals surface area (Å²) < 4.78 is 26.9. The van der Waals surface area contributed by atoms with Gasteiger partial charge in [-0.05, 0) is 61.5 Å². The van der Waals surface area contributed by atoms with Crippen molar-refractivity contribution in [3.8, 4) is 11.3 Å². The van der Waals surface area contributed by atoms with Gasteiger partial charge in [0.2, 0.25) is 10.0 Å². The van der Waals surface area contributed by atoms with E-state index in [1.807, 2.05) is 12.1 Å². The molecule has 0 aliphatic heterocycles. The SMILES string of the molecule is CC(=O)CCNS(=O)(=O)c1ccc(C(=O)Nc2ccc(Cl)c(-c3ccccn3)c2)cc1. The first-order valence-electron chi connectivity index (χ1n) is 9.38. The van der Waals surface area contributed by atoms with Gasteiger partial charge in [-0.15, -0.1) is 0 Å². The van der Waals surface area contributed by atoms with E-state index in [-0.39, 0.29) is 29.2 Å². The Kier molecular flexibility index (Phi) is 7.17. The fraction of sp³-hybridized carbons (Fsp3) is 0.136. The van der Waals surface area contributed by atoms with Crippen molar-refractivity contribution in [2.75, 3.05) is 11.9 Å². The maximum atomic E-state index is 12.6. The molecule has 0 aliphatic rings. The summed E-state index contributed by atoms with van der Waals surface area (Å²) >= 11 is 6.26. The number of rotatable bonds is 8. The van der Waals surface area contributed by atoms with E-state index in [2.05, 4.69) is 15.0 Å². The average molecular weight is 458 g/mol. The number of nitrogens with zero attached hydrogens (tertiary/aromatic N) is 1. The lowest BCUT2D eigenvalue weighted by atomic mass is 10.1. The van der Waals surface area contributed by atoms with Gasteiger partial charge in [-0.1, -0.05) is 17.7 Å². The number of ketones is 1. The lowest BCUT2D eigenvalue weighted by Crippen LogP contribution is -2.26. The first kappa shape index (κ1) is 22.6. The molecule has 0 radical (unpaired) electrons. The summed E-state index contributed by atoms with van der Waals surface area (Å²) in [5.74, 6) is -0.508. The zero-order valence-corrected chi connectivity index (χ0v) is 18.2. The maximum absolute atomic E-state index is 12.6. The Morgan fingerprint density at radius 3 is 2.42 bits per heavy atom. The summed E-state index contributed by atoms with van der Waals surface area (Å²) in [5, 5.41) is 3.28. The molecule has 0 unspecified atom stereocenters. The van der Waals surface area contributed by atoms with E-state index in [0.717, 1.165) is 0 Å². The van der Waals surface area contributed by atoms with E-state index in [4.69, 9.17) is 11.6 Å². The van der Waals surface area contributed by atoms with E-state index >= 15 is 0 Å². The largest absolute Gasteiger partial charge is 0.322 e. The molecule has 0 saturated heterocycles. The highest BCUT2D eigenvalue weighted by atomic mass is 35.5. The van der Waals surface area contributed by atoms with Gasteiger partial charge < -0.3 is 5.32 Å². The number of aromatic nitrogens is 1. The van der Waals surface area contributed by atoms with Gasteiger partial charge in [0.05, 0.1) is 15.6 Å². The second-order valence-corrected chi connectivity index (χ2v) is 8.91. The first-order chi connectivity index (χ1) is 14.8. The van der Waals surface area contributed by atoms with E-state index in [1.165, 1.54) is 31.2 Å². The van der Waals surface area contributed by atoms with Crippen molar-refractivity contribution in [1.29, 1.82) is 0 Å². The monoisotopic (exact) mass is 457 g/mol. The fourth-order valence-electron chi connectivity index (χ4n) is 2.75. The van der Waals surface area contributed by atoms with Crippen molar-refractivity contribution in [1.82, 2.24) is 9.71 Å². The zero-order valence-electron chi connectivity index (χ0n) is 16.6. The Morgan fingerprint density at radius 1 is 1.03 bits per heavy atom. The predicted octanol–water partition coefficient (Wildman–Crippen LogP) is 3.91. The lowest BCUT2D eigenvalue weighted by molar-refractivity contribution is -0.116. The molecule has 3 aromatic rings. The molecule has 7 nitrogen and oxygen atoms in total. The minimum atomic E-state index is -3.75. The number of carbonyl (C=O) groups is 2. The molecule has 0 atom stereocenters. The van der Waals surface area contributed by atoms with Crippen molar-refractivity contribution in [3.05, 3.63) is 77.4 Å². The van der Waals surface area contributed by atoms with Crippen molar-refractivity contribution < 1.29 is 18.0 Å². The molecule has 2 N–H and O–H groups in total. The van der Waals surface area contributed by atoms with Crippen LogP contribution < -0.4 is 10.0 Å². The summed E-state index contributed by atoms with van der Waals surface area (Å²) in [6.45, 7) is 1.41. The van der Waals surface area contributed by atoms with E-state index in [0.29, 0.717) is 22.0 Å². The molecule has 160 valence electrons. The molecule has 1 amide bonds. The van der Waals surface area contributed by atoms with Crippen molar-refractivity contribution in [2.24, 2.45) is 0 Å². The number of hydrogen-bond acceptors (Lipinski definition) is 5. The van der Waals surface area contributed by atoms with Crippen LogP contribution in [0.4, 0.5) is 5.69 Å². The van der Waals surface area contributed by atoms with Crippen LogP contribution in [0.3, 0.4) is 0 Å². The number of anilines is 1. The van der Waals surface area contributed by atoms with Crippen LogP contribution in [-0.4, -0.2) is 31.6 Å². The van der Waals surface area contributed by atoms with Gasteiger partial charge >= 0.3 is 0 Å². The zero-order chi connectivity index (χ0) is 22.4. The summed E-state index contributed by atoms with van der Waals surface area (Å²) in [6, 6.07) is 16.0. The molecular formula is C22H20ClN3O4S. The molecule has 1 aromatic heterocycles. The Bertz CT molecular complexity index is 1200. The van der Waals surface area contributed by atoms with Gasteiger partial charge in [0.1, 0.15) is 5.78 Å². The third-order valence-corrected chi connectivity index (χ3v) is 6.17. The highest BCUT2D eigenvalue weighted by molar-refractivity contribution is 7.89. The number of sulfonamides is 1. The second kappa shape index (κ2) is 9.82. The van der Waals surface area contributed by atoms with Gasteiger partial charge in [0, 0.05) is 36.0 Å². The summed E-state index contributed by atoms with van der Waals surface area (Å²) in [4.78, 5) is 27.8. The quantitative estimate of drug-likeness (QED) is 0.533. The fourth-order valence-corrected chi connectivity index (χ4v) is 4.00. The van der Waals surface area contributed by atoms with Crippen LogP contribution in [0.5, 0.6) is 0 Å². The highest BCUT2D eigenvalue weighted by Gasteiger charge is 2.15.